The van der Waals surface area contributed by atoms with Gasteiger partial charge < -0.3 is 15.7 Å². The zero-order valence-corrected chi connectivity index (χ0v) is 13.3. The zero-order valence-electron chi connectivity index (χ0n) is 13.3. The monoisotopic (exact) mass is 339 g/mol. The van der Waals surface area contributed by atoms with Gasteiger partial charge in [0.25, 0.3) is 5.91 Å². The van der Waals surface area contributed by atoms with Crippen LogP contribution in [0.5, 0.6) is 0 Å². The third-order valence-electron chi connectivity index (χ3n) is 4.04. The number of nitrogens with zero attached hydrogens (tertiary/aromatic N) is 1. The second kappa shape index (κ2) is 7.12. The summed E-state index contributed by atoms with van der Waals surface area (Å²) in [5, 5.41) is 14.4. The number of hydrogen-bond acceptors (Lipinski definition) is 4. The lowest BCUT2D eigenvalue weighted by atomic mass is 10.2. The molecule has 1 fully saturated rings. The Morgan fingerprint density at radius 2 is 1.88 bits per heavy atom. The van der Waals surface area contributed by atoms with E-state index in [2.05, 4.69) is 15.6 Å². The predicted molar refractivity (Wildman–Crippen MR) is 89.7 cm³/mol. The minimum absolute atomic E-state index is 0.245. The van der Waals surface area contributed by atoms with Crippen LogP contribution in [0.15, 0.2) is 48.8 Å². The fourth-order valence-corrected chi connectivity index (χ4v) is 2.54. The molecule has 1 aromatic carbocycles. The van der Waals surface area contributed by atoms with E-state index in [4.69, 9.17) is 5.11 Å². The quantitative estimate of drug-likeness (QED) is 0.742. The summed E-state index contributed by atoms with van der Waals surface area (Å²) in [6, 6.07) is 10.4. The topological polar surface area (TPSA) is 108 Å². The van der Waals surface area contributed by atoms with Crippen LogP contribution in [0.3, 0.4) is 0 Å². The minimum Gasteiger partial charge on any atom is -0.481 e. The van der Waals surface area contributed by atoms with Crippen LogP contribution in [-0.4, -0.2) is 27.9 Å². The maximum Gasteiger partial charge on any atom is 0.307 e. The van der Waals surface area contributed by atoms with Gasteiger partial charge in [-0.1, -0.05) is 12.1 Å². The summed E-state index contributed by atoms with van der Waals surface area (Å²) in [6.07, 6.45) is 3.48. The molecule has 1 saturated carbocycles. The predicted octanol–water partition coefficient (Wildman–Crippen LogP) is 1.67. The molecule has 3 N–H and O–H groups in total. The van der Waals surface area contributed by atoms with Gasteiger partial charge >= 0.3 is 5.97 Å². The average molecular weight is 339 g/mol. The van der Waals surface area contributed by atoms with E-state index in [1.54, 1.807) is 42.7 Å². The van der Waals surface area contributed by atoms with E-state index in [1.807, 2.05) is 6.07 Å². The van der Waals surface area contributed by atoms with Crippen LogP contribution in [0.2, 0.25) is 0 Å². The van der Waals surface area contributed by atoms with Crippen molar-refractivity contribution in [3.8, 4) is 0 Å². The molecule has 2 amide bonds. The summed E-state index contributed by atoms with van der Waals surface area (Å²) in [6.45, 7) is 0.278. The van der Waals surface area contributed by atoms with Crippen molar-refractivity contribution in [3.63, 3.8) is 0 Å². The van der Waals surface area contributed by atoms with Gasteiger partial charge in [-0.2, -0.15) is 0 Å². The van der Waals surface area contributed by atoms with Crippen molar-refractivity contribution in [2.75, 3.05) is 5.32 Å². The molecule has 7 nitrogen and oxygen atoms in total. The Bertz CT molecular complexity index is 807. The number of carbonyl (C=O) groups excluding carboxylic acids is 2. The number of aromatic nitrogens is 1. The van der Waals surface area contributed by atoms with Crippen molar-refractivity contribution in [1.29, 1.82) is 0 Å². The lowest BCUT2D eigenvalue weighted by Gasteiger charge is -2.08. The van der Waals surface area contributed by atoms with Gasteiger partial charge in [0.1, 0.15) is 0 Å². The van der Waals surface area contributed by atoms with E-state index >= 15 is 0 Å². The Morgan fingerprint density at radius 3 is 2.56 bits per heavy atom. The molecule has 1 aromatic heterocycles. The number of pyridine rings is 1. The van der Waals surface area contributed by atoms with Crippen molar-refractivity contribution >= 4 is 23.5 Å². The van der Waals surface area contributed by atoms with Gasteiger partial charge in [-0.05, 0) is 36.2 Å². The van der Waals surface area contributed by atoms with Crippen molar-refractivity contribution in [2.45, 2.75) is 13.0 Å². The first-order valence-corrected chi connectivity index (χ1v) is 7.85. The highest BCUT2D eigenvalue weighted by Gasteiger charge is 2.48. The van der Waals surface area contributed by atoms with Gasteiger partial charge in [-0.3, -0.25) is 19.4 Å². The molecular formula is C18H17N3O4. The van der Waals surface area contributed by atoms with Gasteiger partial charge in [0.05, 0.1) is 11.8 Å². The summed E-state index contributed by atoms with van der Waals surface area (Å²) in [4.78, 5) is 38.7. The van der Waals surface area contributed by atoms with E-state index in [1.165, 1.54) is 0 Å². The number of carboxylic acid groups (broad SMARTS) is 1. The van der Waals surface area contributed by atoms with Crippen LogP contribution in [0.25, 0.3) is 0 Å². The summed E-state index contributed by atoms with van der Waals surface area (Å²) in [5.74, 6) is -2.43. The van der Waals surface area contributed by atoms with E-state index in [-0.39, 0.29) is 18.4 Å². The van der Waals surface area contributed by atoms with Crippen LogP contribution in [-0.2, 0) is 16.1 Å². The number of anilines is 1. The number of carboxylic acids is 1. The summed E-state index contributed by atoms with van der Waals surface area (Å²) >= 11 is 0. The molecule has 2 aromatic rings. The fourth-order valence-electron chi connectivity index (χ4n) is 2.54. The number of amides is 2. The molecule has 1 aliphatic rings. The summed E-state index contributed by atoms with van der Waals surface area (Å²) < 4.78 is 0. The SMILES string of the molecule is O=C(Nc1cccc(CNC(=O)C2CC2C(=O)O)c1)c1ccncc1. The Morgan fingerprint density at radius 1 is 1.12 bits per heavy atom. The third-order valence-corrected chi connectivity index (χ3v) is 4.04. The standard InChI is InChI=1S/C18H17N3O4/c22-16(12-4-6-19-7-5-12)21-13-3-1-2-11(8-13)10-20-17(23)14-9-15(14)18(24)25/h1-8,14-15H,9-10H2,(H,20,23)(H,21,22)(H,24,25). The summed E-state index contributed by atoms with van der Waals surface area (Å²) in [7, 11) is 0. The first-order valence-electron chi connectivity index (χ1n) is 7.85. The van der Waals surface area contributed by atoms with Gasteiger partial charge in [0.15, 0.2) is 0 Å². The van der Waals surface area contributed by atoms with Crippen LogP contribution in [0.1, 0.15) is 22.3 Å². The maximum atomic E-state index is 12.1. The molecule has 1 heterocycles. The molecule has 7 heteroatoms. The van der Waals surface area contributed by atoms with Gasteiger partial charge in [-0.25, -0.2) is 0 Å². The molecule has 3 rings (SSSR count). The van der Waals surface area contributed by atoms with Crippen LogP contribution < -0.4 is 10.6 Å². The van der Waals surface area contributed by atoms with Crippen molar-refractivity contribution in [2.24, 2.45) is 11.8 Å². The van der Waals surface area contributed by atoms with E-state index in [9.17, 15) is 14.4 Å². The molecule has 2 unspecified atom stereocenters. The molecule has 128 valence electrons. The minimum atomic E-state index is -0.930. The maximum absolute atomic E-state index is 12.1. The number of carbonyl (C=O) groups is 3. The Balaban J connectivity index is 1.56. The summed E-state index contributed by atoms with van der Waals surface area (Å²) in [5.41, 5.74) is 1.93. The third kappa shape index (κ3) is 4.20. The molecular weight excluding hydrogens is 322 g/mol. The van der Waals surface area contributed by atoms with E-state index in [0.29, 0.717) is 17.7 Å². The van der Waals surface area contributed by atoms with Crippen LogP contribution in [0, 0.1) is 11.8 Å². The van der Waals surface area contributed by atoms with Crippen LogP contribution in [0.4, 0.5) is 5.69 Å². The second-order valence-electron chi connectivity index (χ2n) is 5.90. The molecule has 25 heavy (non-hydrogen) atoms. The van der Waals surface area contributed by atoms with Gasteiger partial charge in [0.2, 0.25) is 5.91 Å². The first-order chi connectivity index (χ1) is 12.0. The molecule has 0 spiro atoms. The highest BCUT2D eigenvalue weighted by Crippen LogP contribution is 2.38. The number of benzene rings is 1. The van der Waals surface area contributed by atoms with E-state index < -0.39 is 17.8 Å². The van der Waals surface area contributed by atoms with Crippen LogP contribution >= 0.6 is 0 Å². The highest BCUT2D eigenvalue weighted by molar-refractivity contribution is 6.04. The van der Waals surface area contributed by atoms with Gasteiger partial charge in [-0.15, -0.1) is 0 Å². The second-order valence-corrected chi connectivity index (χ2v) is 5.90. The van der Waals surface area contributed by atoms with Gasteiger partial charge in [0, 0.05) is 30.2 Å². The number of aliphatic carboxylic acids is 1. The molecule has 0 radical (unpaired) electrons. The first kappa shape index (κ1) is 16.6. The molecule has 0 bridgehead atoms. The molecule has 0 aliphatic heterocycles. The smallest absolute Gasteiger partial charge is 0.307 e. The normalized spacial score (nSPS) is 18.2. The Hall–Kier alpha value is -3.22. The Labute approximate surface area is 144 Å². The zero-order chi connectivity index (χ0) is 17.8. The van der Waals surface area contributed by atoms with E-state index in [0.717, 1.165) is 5.56 Å². The molecule has 0 saturated heterocycles. The molecule has 1 aliphatic carbocycles. The fraction of sp³-hybridized carbons (Fsp3) is 0.222. The lowest BCUT2D eigenvalue weighted by Crippen LogP contribution is -2.26. The highest BCUT2D eigenvalue weighted by atomic mass is 16.4. The largest absolute Gasteiger partial charge is 0.481 e. The van der Waals surface area contributed by atoms with Crippen molar-refractivity contribution in [3.05, 3.63) is 59.9 Å². The number of rotatable bonds is 6. The Kier molecular flexibility index (Phi) is 4.74. The lowest BCUT2D eigenvalue weighted by molar-refractivity contribution is -0.140. The number of hydrogen-bond donors (Lipinski definition) is 3. The average Bonchev–Trinajstić information content (AvgIpc) is 3.42. The van der Waals surface area contributed by atoms with Crippen molar-refractivity contribution < 1.29 is 19.5 Å². The molecule has 2 atom stereocenters. The number of nitrogens with one attached hydrogen (secondary N) is 2. The van der Waals surface area contributed by atoms with Crippen molar-refractivity contribution in [1.82, 2.24) is 10.3 Å².